The van der Waals surface area contributed by atoms with E-state index in [0.29, 0.717) is 16.5 Å². The van der Waals surface area contributed by atoms with Gasteiger partial charge in [-0.3, -0.25) is 30.6 Å². The molecular formula is C22H25ClN4O4S. The highest BCUT2D eigenvalue weighted by molar-refractivity contribution is 7.80. The molecular weight excluding hydrogens is 452 g/mol. The lowest BCUT2D eigenvalue weighted by Crippen LogP contribution is -2.49. The minimum Gasteiger partial charge on any atom is -0.483 e. The number of carbonyl (C=O) groups excluding carboxylic acids is 3. The number of nitrogens with one attached hydrogen (secondary N) is 4. The van der Waals surface area contributed by atoms with E-state index in [1.807, 2.05) is 39.0 Å². The summed E-state index contributed by atoms with van der Waals surface area (Å²) in [5.41, 5.74) is 8.22. The number of amides is 3. The minimum atomic E-state index is -0.501. The molecule has 2 aromatic rings. The number of aryl methyl sites for hydroxylation is 3. The Morgan fingerprint density at radius 1 is 0.906 bits per heavy atom. The molecule has 0 atom stereocenters. The fourth-order valence-corrected chi connectivity index (χ4v) is 3.00. The molecule has 0 aromatic heterocycles. The summed E-state index contributed by atoms with van der Waals surface area (Å²) < 4.78 is 5.42. The predicted molar refractivity (Wildman–Crippen MR) is 127 cm³/mol. The number of halogens is 1. The molecule has 2 aromatic carbocycles. The van der Waals surface area contributed by atoms with Crippen LogP contribution in [0.3, 0.4) is 0 Å². The normalized spacial score (nSPS) is 10.1. The molecule has 0 radical (unpaired) electrons. The van der Waals surface area contributed by atoms with Crippen LogP contribution in [-0.2, 0) is 14.4 Å². The van der Waals surface area contributed by atoms with Crippen molar-refractivity contribution in [3.8, 4) is 5.75 Å². The Balaban J connectivity index is 1.66. The summed E-state index contributed by atoms with van der Waals surface area (Å²) in [6.07, 6.45) is -0.0620. The van der Waals surface area contributed by atoms with Crippen LogP contribution in [0.15, 0.2) is 36.4 Å². The molecule has 170 valence electrons. The molecule has 0 bridgehead atoms. The molecule has 0 unspecified atom stereocenters. The number of rotatable bonds is 7. The van der Waals surface area contributed by atoms with Gasteiger partial charge in [-0.1, -0.05) is 23.7 Å². The van der Waals surface area contributed by atoms with Gasteiger partial charge in [0.2, 0.25) is 11.8 Å². The molecule has 0 saturated carbocycles. The molecule has 3 amide bonds. The van der Waals surface area contributed by atoms with E-state index in [0.717, 1.165) is 16.7 Å². The van der Waals surface area contributed by atoms with Crippen LogP contribution in [0.4, 0.5) is 5.69 Å². The number of hydrogen-bond donors (Lipinski definition) is 4. The second-order valence-electron chi connectivity index (χ2n) is 7.12. The standard InChI is InChI=1S/C22H25ClN4O4S/c1-13-4-5-14(2)17(10-13)24-19(28)8-9-20(29)26-27-22(32)25-21(30)12-31-18-7-6-16(23)11-15(18)3/h4-7,10-11H,8-9,12H2,1-3H3,(H,24,28)(H,26,29)(H2,25,27,30,32). The summed E-state index contributed by atoms with van der Waals surface area (Å²) in [7, 11) is 0. The van der Waals surface area contributed by atoms with Crippen LogP contribution in [0, 0.1) is 20.8 Å². The first-order valence-electron chi connectivity index (χ1n) is 9.79. The number of hydrogen-bond acceptors (Lipinski definition) is 5. The van der Waals surface area contributed by atoms with Crippen LogP contribution >= 0.6 is 23.8 Å². The topological polar surface area (TPSA) is 109 Å². The molecule has 4 N–H and O–H groups in total. The number of benzene rings is 2. The fraction of sp³-hybridized carbons (Fsp3) is 0.273. The van der Waals surface area contributed by atoms with E-state index in [9.17, 15) is 14.4 Å². The number of hydrazine groups is 1. The zero-order valence-electron chi connectivity index (χ0n) is 18.0. The third-order valence-corrected chi connectivity index (χ3v) is 4.75. The molecule has 32 heavy (non-hydrogen) atoms. The molecule has 8 nitrogen and oxygen atoms in total. The molecule has 0 aliphatic heterocycles. The SMILES string of the molecule is Cc1ccc(C)c(NC(=O)CCC(=O)NNC(=S)NC(=O)COc2ccc(Cl)cc2C)c1. The number of carbonyl (C=O) groups is 3. The highest BCUT2D eigenvalue weighted by Gasteiger charge is 2.11. The van der Waals surface area contributed by atoms with Gasteiger partial charge in [-0.2, -0.15) is 0 Å². The third kappa shape index (κ3) is 8.52. The molecule has 0 aliphatic carbocycles. The van der Waals surface area contributed by atoms with Crippen molar-refractivity contribution in [2.75, 3.05) is 11.9 Å². The highest BCUT2D eigenvalue weighted by atomic mass is 35.5. The molecule has 0 saturated heterocycles. The molecule has 0 aliphatic rings. The lowest BCUT2D eigenvalue weighted by atomic mass is 10.1. The van der Waals surface area contributed by atoms with Gasteiger partial charge in [-0.15, -0.1) is 0 Å². The first-order chi connectivity index (χ1) is 15.1. The van der Waals surface area contributed by atoms with Crippen molar-refractivity contribution in [1.82, 2.24) is 16.2 Å². The Bertz CT molecular complexity index is 1030. The van der Waals surface area contributed by atoms with Crippen molar-refractivity contribution in [1.29, 1.82) is 0 Å². The maximum atomic E-state index is 12.1. The second-order valence-corrected chi connectivity index (χ2v) is 7.96. The molecule has 2 rings (SSSR count). The minimum absolute atomic E-state index is 0.00566. The monoisotopic (exact) mass is 476 g/mol. The predicted octanol–water partition coefficient (Wildman–Crippen LogP) is 3.08. The second kappa shape index (κ2) is 12.0. The van der Waals surface area contributed by atoms with Gasteiger partial charge in [-0.05, 0) is 73.9 Å². The van der Waals surface area contributed by atoms with Gasteiger partial charge < -0.3 is 10.1 Å². The molecule has 0 heterocycles. The first-order valence-corrected chi connectivity index (χ1v) is 10.6. The quantitative estimate of drug-likeness (QED) is 0.361. The zero-order chi connectivity index (χ0) is 23.7. The summed E-state index contributed by atoms with van der Waals surface area (Å²) >= 11 is 10.8. The molecule has 10 heteroatoms. The van der Waals surface area contributed by atoms with Crippen LogP contribution in [0.2, 0.25) is 5.02 Å². The van der Waals surface area contributed by atoms with Crippen LogP contribution in [0.25, 0.3) is 0 Å². The highest BCUT2D eigenvalue weighted by Crippen LogP contribution is 2.21. The van der Waals surface area contributed by atoms with Crippen molar-refractivity contribution in [3.05, 3.63) is 58.1 Å². The average molecular weight is 477 g/mol. The summed E-state index contributed by atoms with van der Waals surface area (Å²) in [4.78, 5) is 35.9. The van der Waals surface area contributed by atoms with Gasteiger partial charge in [-0.25, -0.2) is 0 Å². The Labute approximate surface area is 197 Å². The van der Waals surface area contributed by atoms with E-state index in [1.54, 1.807) is 18.2 Å². The van der Waals surface area contributed by atoms with E-state index < -0.39 is 11.8 Å². The first kappa shape index (κ1) is 25.1. The smallest absolute Gasteiger partial charge is 0.264 e. The maximum absolute atomic E-state index is 12.1. The largest absolute Gasteiger partial charge is 0.483 e. The van der Waals surface area contributed by atoms with Gasteiger partial charge in [0.1, 0.15) is 5.75 Å². The van der Waals surface area contributed by atoms with Gasteiger partial charge in [0.25, 0.3) is 5.91 Å². The van der Waals surface area contributed by atoms with Crippen LogP contribution in [0.1, 0.15) is 29.5 Å². The van der Waals surface area contributed by atoms with Gasteiger partial charge in [0, 0.05) is 23.6 Å². The zero-order valence-corrected chi connectivity index (χ0v) is 19.6. The van der Waals surface area contributed by atoms with Crippen LogP contribution < -0.4 is 26.2 Å². The fourth-order valence-electron chi connectivity index (χ4n) is 2.61. The van der Waals surface area contributed by atoms with E-state index in [-0.39, 0.29) is 30.5 Å². The van der Waals surface area contributed by atoms with Crippen LogP contribution in [0.5, 0.6) is 5.75 Å². The van der Waals surface area contributed by atoms with Gasteiger partial charge in [0.15, 0.2) is 11.7 Å². The van der Waals surface area contributed by atoms with E-state index in [2.05, 4.69) is 21.5 Å². The van der Waals surface area contributed by atoms with Crippen LogP contribution in [-0.4, -0.2) is 29.4 Å². The molecule has 0 fully saturated rings. The van der Waals surface area contributed by atoms with E-state index in [1.165, 1.54) is 0 Å². The summed E-state index contributed by atoms with van der Waals surface area (Å²) in [5, 5.41) is 5.65. The van der Waals surface area contributed by atoms with Crippen molar-refractivity contribution < 1.29 is 19.1 Å². The Morgan fingerprint density at radius 3 is 2.34 bits per heavy atom. The average Bonchev–Trinajstić information content (AvgIpc) is 2.72. The van der Waals surface area contributed by atoms with Gasteiger partial charge in [0.05, 0.1) is 0 Å². The van der Waals surface area contributed by atoms with Crippen molar-refractivity contribution >= 4 is 52.3 Å². The number of ether oxygens (including phenoxy) is 1. The number of thiocarbonyl (C=S) groups is 1. The summed E-state index contributed by atoms with van der Waals surface area (Å²) in [6, 6.07) is 10.8. The van der Waals surface area contributed by atoms with E-state index in [4.69, 9.17) is 28.6 Å². The Morgan fingerprint density at radius 2 is 1.62 bits per heavy atom. The summed E-state index contributed by atoms with van der Waals surface area (Å²) in [6.45, 7) is 5.36. The lowest BCUT2D eigenvalue weighted by Gasteiger charge is -2.12. The van der Waals surface area contributed by atoms with E-state index >= 15 is 0 Å². The maximum Gasteiger partial charge on any atom is 0.264 e. The van der Waals surface area contributed by atoms with Gasteiger partial charge >= 0.3 is 0 Å². The Hall–Kier alpha value is -3.17. The third-order valence-electron chi connectivity index (χ3n) is 4.31. The van der Waals surface area contributed by atoms with Crippen molar-refractivity contribution in [2.24, 2.45) is 0 Å². The summed E-state index contributed by atoms with van der Waals surface area (Å²) in [5.74, 6) is -0.708. The van der Waals surface area contributed by atoms with Crippen molar-refractivity contribution in [3.63, 3.8) is 0 Å². The van der Waals surface area contributed by atoms with Crippen molar-refractivity contribution in [2.45, 2.75) is 33.6 Å². The number of anilines is 1. The lowest BCUT2D eigenvalue weighted by molar-refractivity contribution is -0.125. The Kier molecular flexibility index (Phi) is 9.42. The molecule has 0 spiro atoms.